The largest absolute Gasteiger partial charge is 0.382 e. The fraction of sp³-hybridized carbons (Fsp3) is 0.0909. The third-order valence-electron chi connectivity index (χ3n) is 2.10. The normalized spacial score (nSPS) is 10.5. The Labute approximate surface area is 108 Å². The second kappa shape index (κ2) is 6.11. The number of halogens is 1. The van der Waals surface area contributed by atoms with E-state index in [2.05, 4.69) is 15.8 Å². The van der Waals surface area contributed by atoms with Gasteiger partial charge in [-0.1, -0.05) is 0 Å². The number of nitrogens with one attached hydrogen (secondary N) is 3. The second-order valence-electron chi connectivity index (χ2n) is 3.37. The molecule has 0 aliphatic heterocycles. The lowest BCUT2D eigenvalue weighted by molar-refractivity contribution is 0.0963. The molecule has 1 aromatic rings. The monoisotopic (exact) mass is 262 g/mol. The lowest BCUT2D eigenvalue weighted by Gasteiger charge is -2.05. The minimum absolute atomic E-state index is 0.102. The summed E-state index contributed by atoms with van der Waals surface area (Å²) >= 11 is 0. The Balaban J connectivity index is 3.05. The van der Waals surface area contributed by atoms with Crippen LogP contribution in [0.2, 0.25) is 0 Å². The van der Waals surface area contributed by atoms with Crippen LogP contribution >= 0.6 is 0 Å². The highest BCUT2D eigenvalue weighted by molar-refractivity contribution is 6.45. The summed E-state index contributed by atoms with van der Waals surface area (Å²) in [5.74, 6) is -1.59. The Hall–Kier alpha value is -2.95. The molecule has 0 spiro atoms. The van der Waals surface area contributed by atoms with Gasteiger partial charge in [-0.15, -0.1) is 0 Å². The number of anilines is 1. The average molecular weight is 262 g/mol. The van der Waals surface area contributed by atoms with Gasteiger partial charge in [0, 0.05) is 12.6 Å². The van der Waals surface area contributed by atoms with Gasteiger partial charge in [0.1, 0.15) is 11.9 Å². The number of rotatable bonds is 4. The van der Waals surface area contributed by atoms with E-state index in [9.17, 15) is 9.18 Å². The zero-order valence-corrected chi connectivity index (χ0v) is 9.99. The zero-order valence-electron chi connectivity index (χ0n) is 9.99. The van der Waals surface area contributed by atoms with E-state index >= 15 is 0 Å². The second-order valence-corrected chi connectivity index (χ2v) is 3.37. The molecule has 0 unspecified atom stereocenters. The standard InChI is InChI=1S/C11H11FN6O/c1-16-11(19)6-2-3-7(12)8(4-6)17-18-9(5-13)10(14)15/h2-4,17H,1H3,(H3,14,15)(H,16,19)/b18-9+. The molecule has 1 amide bonds. The van der Waals surface area contributed by atoms with Gasteiger partial charge in [-0.2, -0.15) is 10.4 Å². The summed E-state index contributed by atoms with van der Waals surface area (Å²) in [6, 6.07) is 5.20. The number of nitrogens with two attached hydrogens (primary N) is 1. The van der Waals surface area contributed by atoms with Crippen LogP contribution in [0.4, 0.5) is 10.1 Å². The topological polar surface area (TPSA) is 127 Å². The predicted molar refractivity (Wildman–Crippen MR) is 68.4 cm³/mol. The summed E-state index contributed by atoms with van der Waals surface area (Å²) < 4.78 is 13.5. The predicted octanol–water partition coefficient (Wildman–Crippen LogP) is 0.413. The molecule has 7 nitrogen and oxygen atoms in total. The zero-order chi connectivity index (χ0) is 14.4. The Morgan fingerprint density at radius 1 is 1.58 bits per heavy atom. The van der Waals surface area contributed by atoms with Crippen LogP contribution in [0.3, 0.4) is 0 Å². The van der Waals surface area contributed by atoms with Crippen molar-refractivity contribution in [1.82, 2.24) is 5.32 Å². The van der Waals surface area contributed by atoms with Crippen LogP contribution in [0.5, 0.6) is 0 Å². The van der Waals surface area contributed by atoms with Crippen molar-refractivity contribution in [3.8, 4) is 6.07 Å². The van der Waals surface area contributed by atoms with Gasteiger partial charge in [0.05, 0.1) is 5.69 Å². The van der Waals surface area contributed by atoms with Gasteiger partial charge in [0.25, 0.3) is 5.91 Å². The smallest absolute Gasteiger partial charge is 0.251 e. The van der Waals surface area contributed by atoms with Crippen LogP contribution < -0.4 is 16.5 Å². The Morgan fingerprint density at radius 3 is 2.79 bits per heavy atom. The van der Waals surface area contributed by atoms with Gasteiger partial charge in [-0.25, -0.2) is 4.39 Å². The number of hydrazone groups is 1. The van der Waals surface area contributed by atoms with E-state index in [1.807, 2.05) is 0 Å². The molecule has 0 saturated carbocycles. The van der Waals surface area contributed by atoms with Crippen LogP contribution in [0, 0.1) is 22.6 Å². The molecule has 0 aromatic heterocycles. The number of nitriles is 1. The first-order chi connectivity index (χ1) is 8.99. The summed E-state index contributed by atoms with van der Waals surface area (Å²) in [5.41, 5.74) is 7.07. The number of carbonyl (C=O) groups is 1. The van der Waals surface area contributed by atoms with Crippen molar-refractivity contribution in [2.75, 3.05) is 12.5 Å². The fourth-order valence-electron chi connectivity index (χ4n) is 1.16. The van der Waals surface area contributed by atoms with Crippen molar-refractivity contribution in [3.05, 3.63) is 29.6 Å². The molecule has 1 aromatic carbocycles. The van der Waals surface area contributed by atoms with Crippen molar-refractivity contribution in [2.24, 2.45) is 10.8 Å². The number of nitrogens with zero attached hydrogens (tertiary/aromatic N) is 2. The summed E-state index contributed by atoms with van der Waals surface area (Å²) in [7, 11) is 1.44. The molecule has 0 atom stereocenters. The molecule has 0 aliphatic rings. The number of amides is 1. The Kier molecular flexibility index (Phi) is 4.54. The summed E-state index contributed by atoms with van der Waals surface area (Å²) in [6.07, 6.45) is 0. The van der Waals surface area contributed by atoms with E-state index < -0.39 is 11.7 Å². The van der Waals surface area contributed by atoms with Gasteiger partial charge >= 0.3 is 0 Å². The van der Waals surface area contributed by atoms with E-state index in [-0.39, 0.29) is 22.9 Å². The van der Waals surface area contributed by atoms with Crippen molar-refractivity contribution in [2.45, 2.75) is 0 Å². The van der Waals surface area contributed by atoms with Crippen molar-refractivity contribution >= 4 is 23.1 Å². The number of benzene rings is 1. The van der Waals surface area contributed by atoms with E-state index in [1.54, 1.807) is 6.07 Å². The number of hydrogen-bond donors (Lipinski definition) is 4. The van der Waals surface area contributed by atoms with E-state index in [0.717, 1.165) is 6.07 Å². The maximum absolute atomic E-state index is 13.5. The van der Waals surface area contributed by atoms with Crippen LogP contribution in [0.25, 0.3) is 0 Å². The number of amidine groups is 1. The number of carbonyl (C=O) groups excluding carboxylic acids is 1. The van der Waals surface area contributed by atoms with Gasteiger partial charge in [-0.3, -0.25) is 15.6 Å². The first-order valence-electron chi connectivity index (χ1n) is 5.09. The van der Waals surface area contributed by atoms with Crippen molar-refractivity contribution < 1.29 is 9.18 Å². The van der Waals surface area contributed by atoms with E-state index in [4.69, 9.17) is 16.4 Å². The highest BCUT2D eigenvalue weighted by atomic mass is 19.1. The van der Waals surface area contributed by atoms with Gasteiger partial charge < -0.3 is 11.1 Å². The van der Waals surface area contributed by atoms with Crippen LogP contribution in [0.15, 0.2) is 23.3 Å². The van der Waals surface area contributed by atoms with Crippen LogP contribution in [-0.4, -0.2) is 24.5 Å². The van der Waals surface area contributed by atoms with E-state index in [0.29, 0.717) is 0 Å². The molecule has 0 radical (unpaired) electrons. The van der Waals surface area contributed by atoms with Crippen LogP contribution in [0.1, 0.15) is 10.4 Å². The average Bonchev–Trinajstić information content (AvgIpc) is 2.40. The molecular formula is C11H11FN6O. The molecule has 0 aliphatic carbocycles. The van der Waals surface area contributed by atoms with Gasteiger partial charge in [-0.05, 0) is 18.2 Å². The van der Waals surface area contributed by atoms with Gasteiger partial charge in [0.15, 0.2) is 5.84 Å². The third-order valence-corrected chi connectivity index (χ3v) is 2.10. The van der Waals surface area contributed by atoms with Crippen molar-refractivity contribution in [1.29, 1.82) is 10.7 Å². The molecule has 98 valence electrons. The molecule has 1 rings (SSSR count). The summed E-state index contributed by atoms with van der Waals surface area (Å²) in [5, 5.41) is 21.5. The molecule has 0 bridgehead atoms. The lowest BCUT2D eigenvalue weighted by Crippen LogP contribution is -2.22. The number of hydrogen-bond acceptors (Lipinski definition) is 5. The molecule has 8 heteroatoms. The first-order valence-corrected chi connectivity index (χ1v) is 5.09. The highest BCUT2D eigenvalue weighted by Gasteiger charge is 2.09. The van der Waals surface area contributed by atoms with E-state index in [1.165, 1.54) is 19.2 Å². The fourth-order valence-corrected chi connectivity index (χ4v) is 1.16. The quantitative estimate of drug-likeness (QED) is 0.356. The van der Waals surface area contributed by atoms with Crippen LogP contribution in [-0.2, 0) is 0 Å². The molecule has 19 heavy (non-hydrogen) atoms. The van der Waals surface area contributed by atoms with Crippen molar-refractivity contribution in [3.63, 3.8) is 0 Å². The summed E-state index contributed by atoms with van der Waals surface area (Å²) in [6.45, 7) is 0. The lowest BCUT2D eigenvalue weighted by atomic mass is 10.2. The highest BCUT2D eigenvalue weighted by Crippen LogP contribution is 2.16. The first kappa shape index (κ1) is 14.1. The minimum Gasteiger partial charge on any atom is -0.382 e. The molecule has 0 heterocycles. The molecule has 0 saturated heterocycles. The Morgan fingerprint density at radius 2 is 2.26 bits per heavy atom. The summed E-state index contributed by atoms with van der Waals surface area (Å²) in [4.78, 5) is 11.4. The van der Waals surface area contributed by atoms with Gasteiger partial charge in [0.2, 0.25) is 5.71 Å². The SMILES string of the molecule is CNC(=O)c1ccc(F)c(N/N=C(\C#N)C(=N)N)c1. The minimum atomic E-state index is -0.655. The maximum atomic E-state index is 13.5. The Bertz CT molecular complexity index is 589. The maximum Gasteiger partial charge on any atom is 0.251 e. The third kappa shape index (κ3) is 3.50. The molecule has 5 N–H and O–H groups in total. The molecule has 0 fully saturated rings. The molecular weight excluding hydrogens is 251 g/mol.